The molecule has 5 heteroatoms. The number of hydrogen-bond donors (Lipinski definition) is 1. The van der Waals surface area contributed by atoms with Crippen LogP contribution in [0.5, 0.6) is 5.75 Å². The lowest BCUT2D eigenvalue weighted by atomic mass is 10.0. The molecule has 110 valence electrons. The number of methoxy groups -OCH3 is 2. The van der Waals surface area contributed by atoms with E-state index in [4.69, 9.17) is 9.47 Å². The first-order valence-corrected chi connectivity index (χ1v) is 7.50. The second-order valence-corrected chi connectivity index (χ2v) is 6.13. The van der Waals surface area contributed by atoms with Gasteiger partial charge in [0.25, 0.3) is 5.91 Å². The summed E-state index contributed by atoms with van der Waals surface area (Å²) in [6, 6.07) is 5.34. The molecule has 1 N–H and O–H groups in total. The lowest BCUT2D eigenvalue weighted by Gasteiger charge is -2.15. The number of carbonyl (C=O) groups is 1. The number of rotatable bonds is 7. The van der Waals surface area contributed by atoms with E-state index in [1.165, 1.54) is 12.8 Å². The van der Waals surface area contributed by atoms with E-state index < -0.39 is 0 Å². The second-order valence-electron chi connectivity index (χ2n) is 5.27. The van der Waals surface area contributed by atoms with Gasteiger partial charge in [0.05, 0.1) is 11.6 Å². The molecule has 0 radical (unpaired) electrons. The van der Waals surface area contributed by atoms with Crippen LogP contribution in [0.4, 0.5) is 0 Å². The first-order chi connectivity index (χ1) is 9.60. The maximum absolute atomic E-state index is 12.1. The lowest BCUT2D eigenvalue weighted by molar-refractivity contribution is 0.0938. The van der Waals surface area contributed by atoms with Gasteiger partial charge in [-0.3, -0.25) is 4.79 Å². The van der Waals surface area contributed by atoms with Crippen molar-refractivity contribution in [3.63, 3.8) is 0 Å². The van der Waals surface area contributed by atoms with Crippen molar-refractivity contribution in [3.05, 3.63) is 28.2 Å². The van der Waals surface area contributed by atoms with Gasteiger partial charge in [-0.1, -0.05) is 0 Å². The van der Waals surface area contributed by atoms with Gasteiger partial charge in [0.1, 0.15) is 5.75 Å². The highest BCUT2D eigenvalue weighted by molar-refractivity contribution is 9.10. The van der Waals surface area contributed by atoms with Gasteiger partial charge in [0, 0.05) is 25.8 Å². The molecule has 1 aromatic carbocycles. The standard InChI is InChI=1S/C15H20BrNO3/c1-19-8-7-15(5-6-15)10-17-14(18)11-3-4-13(20-2)12(16)9-11/h3-4,9H,5-8,10H2,1-2H3,(H,17,18). The SMILES string of the molecule is COCCC1(CNC(=O)c2ccc(OC)c(Br)c2)CC1. The van der Waals surface area contributed by atoms with Crippen LogP contribution >= 0.6 is 15.9 Å². The fourth-order valence-electron chi connectivity index (χ4n) is 2.19. The molecule has 0 spiro atoms. The Morgan fingerprint density at radius 2 is 2.15 bits per heavy atom. The number of amides is 1. The molecule has 1 aliphatic carbocycles. The first kappa shape index (κ1) is 15.3. The molecule has 0 atom stereocenters. The zero-order valence-electron chi connectivity index (χ0n) is 11.9. The molecule has 1 saturated carbocycles. The summed E-state index contributed by atoms with van der Waals surface area (Å²) in [5, 5.41) is 3.02. The molecule has 1 aliphatic rings. The minimum atomic E-state index is -0.0444. The fraction of sp³-hybridized carbons (Fsp3) is 0.533. The van der Waals surface area contributed by atoms with E-state index in [9.17, 15) is 4.79 Å². The van der Waals surface area contributed by atoms with E-state index in [1.54, 1.807) is 32.4 Å². The van der Waals surface area contributed by atoms with E-state index in [1.807, 2.05) is 0 Å². The van der Waals surface area contributed by atoms with Crippen LogP contribution in [-0.4, -0.2) is 33.3 Å². The molecule has 0 saturated heterocycles. The Morgan fingerprint density at radius 1 is 1.40 bits per heavy atom. The zero-order chi connectivity index (χ0) is 14.6. The Hall–Kier alpha value is -1.07. The molecular weight excluding hydrogens is 322 g/mol. The van der Waals surface area contributed by atoms with E-state index in [2.05, 4.69) is 21.2 Å². The summed E-state index contributed by atoms with van der Waals surface area (Å²) in [5.74, 6) is 0.678. The highest BCUT2D eigenvalue weighted by atomic mass is 79.9. The van der Waals surface area contributed by atoms with Crippen molar-refractivity contribution >= 4 is 21.8 Å². The van der Waals surface area contributed by atoms with Crippen molar-refractivity contribution in [2.75, 3.05) is 27.4 Å². The van der Waals surface area contributed by atoms with Crippen LogP contribution in [0, 0.1) is 5.41 Å². The predicted molar refractivity (Wildman–Crippen MR) is 81.2 cm³/mol. The molecule has 1 fully saturated rings. The third kappa shape index (κ3) is 3.73. The van der Waals surface area contributed by atoms with Crippen molar-refractivity contribution in [1.82, 2.24) is 5.32 Å². The Labute approximate surface area is 128 Å². The van der Waals surface area contributed by atoms with Gasteiger partial charge in [-0.15, -0.1) is 0 Å². The summed E-state index contributed by atoms with van der Waals surface area (Å²) in [7, 11) is 3.32. The number of benzene rings is 1. The van der Waals surface area contributed by atoms with Crippen molar-refractivity contribution in [3.8, 4) is 5.75 Å². The maximum atomic E-state index is 12.1. The van der Waals surface area contributed by atoms with Crippen molar-refractivity contribution in [2.45, 2.75) is 19.3 Å². The highest BCUT2D eigenvalue weighted by Gasteiger charge is 2.42. The number of ether oxygens (including phenoxy) is 2. The molecule has 0 unspecified atom stereocenters. The van der Waals surface area contributed by atoms with Gasteiger partial charge < -0.3 is 14.8 Å². The Morgan fingerprint density at radius 3 is 2.70 bits per heavy atom. The Bertz CT molecular complexity index is 486. The first-order valence-electron chi connectivity index (χ1n) is 6.71. The Kier molecular flexibility index (Phi) is 5.05. The number of carbonyl (C=O) groups excluding carboxylic acids is 1. The lowest BCUT2D eigenvalue weighted by Crippen LogP contribution is -2.30. The number of halogens is 1. The molecule has 0 bridgehead atoms. The molecule has 1 amide bonds. The maximum Gasteiger partial charge on any atom is 0.251 e. The van der Waals surface area contributed by atoms with E-state index in [0.29, 0.717) is 5.56 Å². The van der Waals surface area contributed by atoms with Gasteiger partial charge in [0.2, 0.25) is 0 Å². The number of nitrogens with one attached hydrogen (secondary N) is 1. The van der Waals surface area contributed by atoms with Crippen LogP contribution in [0.2, 0.25) is 0 Å². The summed E-state index contributed by atoms with van der Waals surface area (Å²) >= 11 is 3.39. The molecule has 20 heavy (non-hydrogen) atoms. The highest BCUT2D eigenvalue weighted by Crippen LogP contribution is 2.48. The number of hydrogen-bond acceptors (Lipinski definition) is 3. The monoisotopic (exact) mass is 341 g/mol. The minimum absolute atomic E-state index is 0.0444. The van der Waals surface area contributed by atoms with Crippen LogP contribution in [0.25, 0.3) is 0 Å². The topological polar surface area (TPSA) is 47.6 Å². The van der Waals surface area contributed by atoms with Gasteiger partial charge in [-0.25, -0.2) is 0 Å². The van der Waals surface area contributed by atoms with E-state index >= 15 is 0 Å². The summed E-state index contributed by atoms with van der Waals surface area (Å²) in [4.78, 5) is 12.1. The summed E-state index contributed by atoms with van der Waals surface area (Å²) in [5.41, 5.74) is 0.898. The molecule has 2 rings (SSSR count). The zero-order valence-corrected chi connectivity index (χ0v) is 13.5. The third-order valence-electron chi connectivity index (χ3n) is 3.83. The smallest absolute Gasteiger partial charge is 0.251 e. The summed E-state index contributed by atoms with van der Waals surface area (Å²) in [6.07, 6.45) is 3.35. The molecule has 0 aromatic heterocycles. The normalized spacial score (nSPS) is 15.8. The average molecular weight is 342 g/mol. The van der Waals surface area contributed by atoms with Crippen LogP contribution in [-0.2, 0) is 4.74 Å². The van der Waals surface area contributed by atoms with Crippen LogP contribution < -0.4 is 10.1 Å². The predicted octanol–water partition coefficient (Wildman–Crippen LogP) is 3.00. The van der Waals surface area contributed by atoms with Crippen molar-refractivity contribution in [1.29, 1.82) is 0 Å². The van der Waals surface area contributed by atoms with Crippen LogP contribution in [0.3, 0.4) is 0 Å². The summed E-state index contributed by atoms with van der Waals surface area (Å²) in [6.45, 7) is 1.47. The summed E-state index contributed by atoms with van der Waals surface area (Å²) < 4.78 is 11.1. The van der Waals surface area contributed by atoms with Crippen molar-refractivity contribution < 1.29 is 14.3 Å². The fourth-order valence-corrected chi connectivity index (χ4v) is 2.73. The van der Waals surface area contributed by atoms with E-state index in [-0.39, 0.29) is 11.3 Å². The molecular formula is C15H20BrNO3. The second kappa shape index (κ2) is 6.59. The molecule has 0 heterocycles. The van der Waals surface area contributed by atoms with Crippen molar-refractivity contribution in [2.24, 2.45) is 5.41 Å². The molecule has 4 nitrogen and oxygen atoms in total. The van der Waals surface area contributed by atoms with Gasteiger partial charge >= 0.3 is 0 Å². The molecule has 0 aliphatic heterocycles. The minimum Gasteiger partial charge on any atom is -0.496 e. The van der Waals surface area contributed by atoms with Crippen LogP contribution in [0.1, 0.15) is 29.6 Å². The van der Waals surface area contributed by atoms with Gasteiger partial charge in [-0.2, -0.15) is 0 Å². The average Bonchev–Trinajstić information content (AvgIpc) is 3.23. The largest absolute Gasteiger partial charge is 0.496 e. The quantitative estimate of drug-likeness (QED) is 0.829. The third-order valence-corrected chi connectivity index (χ3v) is 4.45. The molecule has 1 aromatic rings. The Balaban J connectivity index is 1.90. The van der Waals surface area contributed by atoms with Gasteiger partial charge in [-0.05, 0) is 58.8 Å². The van der Waals surface area contributed by atoms with Crippen LogP contribution in [0.15, 0.2) is 22.7 Å². The van der Waals surface area contributed by atoms with Gasteiger partial charge in [0.15, 0.2) is 0 Å². The van der Waals surface area contributed by atoms with E-state index in [0.717, 1.165) is 29.8 Å².